The Morgan fingerprint density at radius 3 is 2.52 bits per heavy atom. The number of hydrogen-bond donors (Lipinski definition) is 2. The molecule has 0 bridgehead atoms. The summed E-state index contributed by atoms with van der Waals surface area (Å²) in [6, 6.07) is 6.91. The highest BCUT2D eigenvalue weighted by Gasteiger charge is 2.09. The molecule has 0 aliphatic rings. The number of hydrogen-bond acceptors (Lipinski definition) is 5. The van der Waals surface area contributed by atoms with Gasteiger partial charge in [0.05, 0.1) is 11.5 Å². The van der Waals surface area contributed by atoms with E-state index in [-0.39, 0.29) is 23.3 Å². The van der Waals surface area contributed by atoms with Crippen molar-refractivity contribution < 1.29 is 14.1 Å². The second-order valence-electron chi connectivity index (χ2n) is 4.87. The Morgan fingerprint density at radius 2 is 1.87 bits per heavy atom. The standard InChI is InChI=1S/C15H16ClN3O3S/c1-9-3-4-11(16)6-12(9)17-14(20)7-23-8-15(21)18-13-5-10(2)22-19-13/h3-6H,7-8H2,1-2H3,(H,17,20)(H,18,19,21). The summed E-state index contributed by atoms with van der Waals surface area (Å²) in [7, 11) is 0. The summed E-state index contributed by atoms with van der Waals surface area (Å²) in [6.07, 6.45) is 0. The van der Waals surface area contributed by atoms with Crippen LogP contribution in [0.5, 0.6) is 0 Å². The van der Waals surface area contributed by atoms with Crippen LogP contribution in [0.2, 0.25) is 5.02 Å². The van der Waals surface area contributed by atoms with Gasteiger partial charge in [0.1, 0.15) is 5.76 Å². The quantitative estimate of drug-likeness (QED) is 0.832. The van der Waals surface area contributed by atoms with Gasteiger partial charge in [-0.25, -0.2) is 0 Å². The maximum Gasteiger partial charge on any atom is 0.235 e. The molecule has 6 nitrogen and oxygen atoms in total. The predicted octanol–water partition coefficient (Wildman–Crippen LogP) is 3.26. The number of benzene rings is 1. The van der Waals surface area contributed by atoms with Crippen molar-refractivity contribution in [2.75, 3.05) is 22.1 Å². The molecule has 1 aromatic heterocycles. The van der Waals surface area contributed by atoms with Crippen LogP contribution >= 0.6 is 23.4 Å². The van der Waals surface area contributed by atoms with Crippen LogP contribution < -0.4 is 10.6 Å². The molecule has 0 unspecified atom stereocenters. The molecule has 2 aromatic rings. The number of aryl methyl sites for hydroxylation is 2. The highest BCUT2D eigenvalue weighted by Crippen LogP contribution is 2.20. The molecular weight excluding hydrogens is 338 g/mol. The van der Waals surface area contributed by atoms with Crippen molar-refractivity contribution in [1.29, 1.82) is 0 Å². The van der Waals surface area contributed by atoms with E-state index < -0.39 is 0 Å². The van der Waals surface area contributed by atoms with E-state index in [0.717, 1.165) is 5.56 Å². The number of aromatic nitrogens is 1. The first-order valence-electron chi connectivity index (χ1n) is 6.81. The van der Waals surface area contributed by atoms with Gasteiger partial charge in [-0.1, -0.05) is 22.8 Å². The predicted molar refractivity (Wildman–Crippen MR) is 92.0 cm³/mol. The zero-order chi connectivity index (χ0) is 16.8. The van der Waals surface area contributed by atoms with E-state index >= 15 is 0 Å². The van der Waals surface area contributed by atoms with Crippen molar-refractivity contribution in [2.45, 2.75) is 13.8 Å². The lowest BCUT2D eigenvalue weighted by molar-refractivity contribution is -0.114. The van der Waals surface area contributed by atoms with Crippen molar-refractivity contribution in [3.63, 3.8) is 0 Å². The van der Waals surface area contributed by atoms with Crippen molar-refractivity contribution in [1.82, 2.24) is 5.16 Å². The molecule has 0 saturated heterocycles. The van der Waals surface area contributed by atoms with E-state index in [0.29, 0.717) is 22.3 Å². The molecule has 1 aromatic carbocycles. The highest BCUT2D eigenvalue weighted by atomic mass is 35.5. The van der Waals surface area contributed by atoms with Crippen LogP contribution in [0, 0.1) is 13.8 Å². The summed E-state index contributed by atoms with van der Waals surface area (Å²) in [5.41, 5.74) is 1.59. The lowest BCUT2D eigenvalue weighted by Gasteiger charge is -2.08. The number of rotatable bonds is 6. The molecule has 0 spiro atoms. The van der Waals surface area contributed by atoms with Gasteiger partial charge < -0.3 is 15.2 Å². The van der Waals surface area contributed by atoms with E-state index in [1.807, 2.05) is 13.0 Å². The second kappa shape index (κ2) is 8.03. The lowest BCUT2D eigenvalue weighted by atomic mass is 10.2. The summed E-state index contributed by atoms with van der Waals surface area (Å²) in [6.45, 7) is 3.62. The van der Waals surface area contributed by atoms with Gasteiger partial charge in [-0.05, 0) is 31.5 Å². The Labute approximate surface area is 142 Å². The number of carbonyl (C=O) groups is 2. The van der Waals surface area contributed by atoms with Crippen molar-refractivity contribution in [3.8, 4) is 0 Å². The average Bonchev–Trinajstić information content (AvgIpc) is 2.88. The summed E-state index contributed by atoms with van der Waals surface area (Å²) in [5, 5.41) is 9.58. The first-order valence-corrected chi connectivity index (χ1v) is 8.34. The SMILES string of the molecule is Cc1cc(NC(=O)CSCC(=O)Nc2cc(Cl)ccc2C)no1. The van der Waals surface area contributed by atoms with Gasteiger partial charge in [-0.2, -0.15) is 0 Å². The third-order valence-corrected chi connectivity index (χ3v) is 4.00. The van der Waals surface area contributed by atoms with Crippen LogP contribution in [-0.4, -0.2) is 28.5 Å². The summed E-state index contributed by atoms with van der Waals surface area (Å²) < 4.78 is 4.85. The normalized spacial score (nSPS) is 10.4. The maximum atomic E-state index is 11.9. The zero-order valence-corrected chi connectivity index (χ0v) is 14.3. The molecule has 0 atom stereocenters. The monoisotopic (exact) mass is 353 g/mol. The number of nitrogens with zero attached hydrogens (tertiary/aromatic N) is 1. The Hall–Kier alpha value is -1.99. The van der Waals surface area contributed by atoms with Crippen LogP contribution in [0.1, 0.15) is 11.3 Å². The molecule has 122 valence electrons. The van der Waals surface area contributed by atoms with E-state index in [4.69, 9.17) is 16.1 Å². The smallest absolute Gasteiger partial charge is 0.235 e. The van der Waals surface area contributed by atoms with Crippen LogP contribution in [0.15, 0.2) is 28.8 Å². The minimum atomic E-state index is -0.241. The minimum Gasteiger partial charge on any atom is -0.360 e. The van der Waals surface area contributed by atoms with Gasteiger partial charge in [0.25, 0.3) is 0 Å². The number of halogens is 1. The number of carbonyl (C=O) groups excluding carboxylic acids is 2. The molecule has 0 aliphatic heterocycles. The van der Waals surface area contributed by atoms with E-state index in [1.165, 1.54) is 11.8 Å². The number of anilines is 2. The van der Waals surface area contributed by atoms with Gasteiger partial charge in [0, 0.05) is 16.8 Å². The molecule has 8 heteroatoms. The van der Waals surface area contributed by atoms with E-state index in [9.17, 15) is 9.59 Å². The zero-order valence-electron chi connectivity index (χ0n) is 12.7. The largest absolute Gasteiger partial charge is 0.360 e. The topological polar surface area (TPSA) is 84.2 Å². The van der Waals surface area contributed by atoms with Crippen LogP contribution in [0.25, 0.3) is 0 Å². The van der Waals surface area contributed by atoms with Gasteiger partial charge in [0.15, 0.2) is 5.82 Å². The molecule has 2 N–H and O–H groups in total. The first-order chi connectivity index (χ1) is 10.9. The highest BCUT2D eigenvalue weighted by molar-refractivity contribution is 8.00. The van der Waals surface area contributed by atoms with E-state index in [2.05, 4.69) is 15.8 Å². The van der Waals surface area contributed by atoms with Crippen LogP contribution in [0.3, 0.4) is 0 Å². The lowest BCUT2D eigenvalue weighted by Crippen LogP contribution is -2.18. The Morgan fingerprint density at radius 1 is 1.17 bits per heavy atom. The Bertz CT molecular complexity index is 718. The molecule has 2 rings (SSSR count). The van der Waals surface area contributed by atoms with Gasteiger partial charge >= 0.3 is 0 Å². The minimum absolute atomic E-state index is 0.147. The summed E-state index contributed by atoms with van der Waals surface area (Å²) in [4.78, 5) is 23.6. The third-order valence-electron chi connectivity index (χ3n) is 2.84. The fraction of sp³-hybridized carbons (Fsp3) is 0.267. The molecule has 0 radical (unpaired) electrons. The first kappa shape index (κ1) is 17.4. The fourth-order valence-electron chi connectivity index (χ4n) is 1.76. The third kappa shape index (κ3) is 5.61. The van der Waals surface area contributed by atoms with Crippen molar-refractivity contribution in [2.24, 2.45) is 0 Å². The number of nitrogens with one attached hydrogen (secondary N) is 2. The summed E-state index contributed by atoms with van der Waals surface area (Å²) in [5.74, 6) is 0.863. The van der Waals surface area contributed by atoms with Crippen LogP contribution in [0.4, 0.5) is 11.5 Å². The molecule has 0 aliphatic carbocycles. The molecule has 2 amide bonds. The second-order valence-corrected chi connectivity index (χ2v) is 6.29. The van der Waals surface area contributed by atoms with Gasteiger partial charge in [0.2, 0.25) is 11.8 Å². The van der Waals surface area contributed by atoms with Gasteiger partial charge in [-0.3, -0.25) is 9.59 Å². The molecule has 0 saturated carbocycles. The molecule has 23 heavy (non-hydrogen) atoms. The fourth-order valence-corrected chi connectivity index (χ4v) is 2.55. The molecular formula is C15H16ClN3O3S. The molecule has 0 fully saturated rings. The maximum absolute atomic E-state index is 11.9. The Kier molecular flexibility index (Phi) is 6.06. The number of amides is 2. The van der Waals surface area contributed by atoms with Gasteiger partial charge in [-0.15, -0.1) is 11.8 Å². The summed E-state index contributed by atoms with van der Waals surface area (Å²) >= 11 is 7.11. The molecule has 1 heterocycles. The average molecular weight is 354 g/mol. The van der Waals surface area contributed by atoms with E-state index in [1.54, 1.807) is 25.1 Å². The number of thioether (sulfide) groups is 1. The van der Waals surface area contributed by atoms with Crippen molar-refractivity contribution in [3.05, 3.63) is 40.6 Å². The Balaban J connectivity index is 1.74. The van der Waals surface area contributed by atoms with Crippen molar-refractivity contribution >= 4 is 46.7 Å². The van der Waals surface area contributed by atoms with Crippen LogP contribution in [-0.2, 0) is 9.59 Å².